The van der Waals surface area contributed by atoms with Gasteiger partial charge in [-0.15, -0.1) is 0 Å². The van der Waals surface area contributed by atoms with Crippen molar-refractivity contribution in [3.63, 3.8) is 0 Å². The third-order valence-corrected chi connectivity index (χ3v) is 4.98. The van der Waals surface area contributed by atoms with Crippen molar-refractivity contribution in [2.24, 2.45) is 0 Å². The second-order valence-corrected chi connectivity index (χ2v) is 7.02. The molecule has 0 amide bonds. The lowest BCUT2D eigenvalue weighted by Gasteiger charge is -2.21. The van der Waals surface area contributed by atoms with Crippen molar-refractivity contribution in [2.45, 2.75) is 12.6 Å². The summed E-state index contributed by atoms with van der Waals surface area (Å²) in [5, 5.41) is 12.0. The zero-order valence-corrected chi connectivity index (χ0v) is 16.5. The smallest absolute Gasteiger partial charge is 0.121 e. The lowest BCUT2D eigenvalue weighted by molar-refractivity contribution is -0.891. The van der Waals surface area contributed by atoms with Crippen LogP contribution in [-0.2, 0) is 6.54 Å². The quantitative estimate of drug-likeness (QED) is 0.533. The number of methoxy groups -OCH3 is 1. The van der Waals surface area contributed by atoms with Crippen molar-refractivity contribution in [2.75, 3.05) is 26.7 Å². The second-order valence-electron chi connectivity index (χ2n) is 7.02. The summed E-state index contributed by atoms with van der Waals surface area (Å²) in [6.45, 7) is 10.4. The highest BCUT2D eigenvalue weighted by Crippen LogP contribution is 2.29. The maximum atomic E-state index is 10.8. The van der Waals surface area contributed by atoms with Gasteiger partial charge in [0, 0.05) is 16.6 Å². The van der Waals surface area contributed by atoms with Crippen molar-refractivity contribution in [1.29, 1.82) is 0 Å². The Morgan fingerprint density at radius 2 is 1.75 bits per heavy atom. The van der Waals surface area contributed by atoms with Crippen molar-refractivity contribution in [3.05, 3.63) is 79.9 Å². The van der Waals surface area contributed by atoms with Gasteiger partial charge in [-0.25, -0.2) is 0 Å². The van der Waals surface area contributed by atoms with Crippen LogP contribution in [0.25, 0.3) is 22.2 Å². The molecule has 0 aliphatic rings. The Morgan fingerprint density at radius 3 is 2.39 bits per heavy atom. The lowest BCUT2D eigenvalue weighted by atomic mass is 10.1. The van der Waals surface area contributed by atoms with E-state index in [0.717, 1.165) is 35.6 Å². The molecule has 0 unspecified atom stereocenters. The van der Waals surface area contributed by atoms with E-state index < -0.39 is 6.10 Å². The summed E-state index contributed by atoms with van der Waals surface area (Å²) in [6, 6.07) is 18.5. The highest BCUT2D eigenvalue weighted by Gasteiger charge is 2.18. The fraction of sp³-hybridized carbons (Fsp3) is 0.250. The first-order valence-electron chi connectivity index (χ1n) is 9.62. The zero-order chi connectivity index (χ0) is 19.9. The number of aliphatic hydroxyl groups excluding tert-OH is 1. The molecule has 4 nitrogen and oxygen atoms in total. The first-order valence-corrected chi connectivity index (χ1v) is 9.62. The number of benzene rings is 2. The van der Waals surface area contributed by atoms with Gasteiger partial charge in [0.2, 0.25) is 0 Å². The maximum Gasteiger partial charge on any atom is 0.121 e. The van der Waals surface area contributed by atoms with Gasteiger partial charge in [0.05, 0.1) is 26.7 Å². The Labute approximate surface area is 167 Å². The fourth-order valence-electron chi connectivity index (χ4n) is 3.67. The summed E-state index contributed by atoms with van der Waals surface area (Å²) in [5.41, 5.74) is 3.32. The molecule has 2 aromatic carbocycles. The van der Waals surface area contributed by atoms with Crippen LogP contribution in [0.2, 0.25) is 0 Å². The van der Waals surface area contributed by atoms with E-state index in [4.69, 9.17) is 4.74 Å². The van der Waals surface area contributed by atoms with Crippen LogP contribution in [0, 0.1) is 0 Å². The standard InChI is InChI=1S/C24H28N2O2/c1-4-14-25(15-5-2)17-21(27)18-26-23-9-7-6-8-20(23)16-24(26)19-10-12-22(28-3)13-11-19/h4-13,16,21,27H,1-2,14-15,17-18H2,3H3/p+1/t21-/m0/s1. The molecular formula is C24H29N2O2+. The van der Waals surface area contributed by atoms with E-state index in [2.05, 4.69) is 48.1 Å². The minimum atomic E-state index is -0.470. The van der Waals surface area contributed by atoms with E-state index in [9.17, 15) is 5.11 Å². The third kappa shape index (κ3) is 4.53. The molecule has 4 heteroatoms. The molecular weight excluding hydrogens is 348 g/mol. The molecule has 1 heterocycles. The van der Waals surface area contributed by atoms with Crippen molar-refractivity contribution < 1.29 is 14.7 Å². The van der Waals surface area contributed by atoms with E-state index in [0.29, 0.717) is 13.1 Å². The molecule has 0 radical (unpaired) electrons. The summed E-state index contributed by atoms with van der Waals surface area (Å²) >= 11 is 0. The topological polar surface area (TPSA) is 38.8 Å². The monoisotopic (exact) mass is 377 g/mol. The van der Waals surface area contributed by atoms with Gasteiger partial charge in [0.1, 0.15) is 18.4 Å². The maximum absolute atomic E-state index is 10.8. The molecule has 146 valence electrons. The minimum Gasteiger partial charge on any atom is -0.497 e. The molecule has 0 aliphatic heterocycles. The summed E-state index contributed by atoms with van der Waals surface area (Å²) < 4.78 is 7.49. The highest BCUT2D eigenvalue weighted by molar-refractivity contribution is 5.87. The Kier molecular flexibility index (Phi) is 6.69. The number of rotatable bonds is 10. The average Bonchev–Trinajstić information content (AvgIpc) is 3.07. The predicted molar refractivity (Wildman–Crippen MR) is 116 cm³/mol. The van der Waals surface area contributed by atoms with Gasteiger partial charge in [-0.3, -0.25) is 0 Å². The van der Waals surface area contributed by atoms with Crippen molar-refractivity contribution >= 4 is 10.9 Å². The van der Waals surface area contributed by atoms with Gasteiger partial charge < -0.3 is 19.3 Å². The first-order chi connectivity index (χ1) is 13.7. The van der Waals surface area contributed by atoms with Crippen LogP contribution in [0.15, 0.2) is 79.9 Å². The molecule has 1 aromatic heterocycles. The number of ether oxygens (including phenoxy) is 1. The van der Waals surface area contributed by atoms with E-state index in [1.807, 2.05) is 36.4 Å². The third-order valence-electron chi connectivity index (χ3n) is 4.98. The number of aromatic nitrogens is 1. The summed E-state index contributed by atoms with van der Waals surface area (Å²) in [6.07, 6.45) is 3.31. The Balaban J connectivity index is 1.92. The largest absolute Gasteiger partial charge is 0.497 e. The van der Waals surface area contributed by atoms with Gasteiger partial charge in [0.25, 0.3) is 0 Å². The van der Waals surface area contributed by atoms with E-state index >= 15 is 0 Å². The fourth-order valence-corrected chi connectivity index (χ4v) is 3.67. The van der Waals surface area contributed by atoms with Gasteiger partial charge in [-0.1, -0.05) is 31.4 Å². The molecule has 0 aliphatic carbocycles. The van der Waals surface area contributed by atoms with Crippen LogP contribution in [0.4, 0.5) is 0 Å². The van der Waals surface area contributed by atoms with E-state index in [1.165, 1.54) is 10.3 Å². The summed E-state index contributed by atoms with van der Waals surface area (Å²) in [4.78, 5) is 1.25. The number of hydrogen-bond donors (Lipinski definition) is 2. The van der Waals surface area contributed by atoms with Crippen LogP contribution < -0.4 is 9.64 Å². The molecule has 3 rings (SSSR count). The molecule has 3 aromatic rings. The van der Waals surface area contributed by atoms with Gasteiger partial charge >= 0.3 is 0 Å². The van der Waals surface area contributed by atoms with Crippen molar-refractivity contribution in [1.82, 2.24) is 4.57 Å². The molecule has 0 saturated carbocycles. The predicted octanol–water partition coefficient (Wildman–Crippen LogP) is 2.93. The molecule has 0 spiro atoms. The number of aliphatic hydroxyl groups is 1. The molecule has 28 heavy (non-hydrogen) atoms. The van der Waals surface area contributed by atoms with E-state index in [1.54, 1.807) is 7.11 Å². The van der Waals surface area contributed by atoms with Gasteiger partial charge in [-0.05, 0) is 54.1 Å². The van der Waals surface area contributed by atoms with Crippen LogP contribution in [-0.4, -0.2) is 42.5 Å². The number of para-hydroxylation sites is 1. The molecule has 0 fully saturated rings. The number of quaternary nitrogens is 1. The van der Waals surface area contributed by atoms with Gasteiger partial charge in [-0.2, -0.15) is 0 Å². The SMILES string of the molecule is C=CC[NH+](CC=C)C[C@H](O)Cn1c(-c2ccc(OC)cc2)cc2ccccc21. The first kappa shape index (κ1) is 19.9. The lowest BCUT2D eigenvalue weighted by Crippen LogP contribution is -3.12. The van der Waals surface area contributed by atoms with Gasteiger partial charge in [0.15, 0.2) is 0 Å². The second kappa shape index (κ2) is 9.40. The number of nitrogens with zero attached hydrogens (tertiary/aromatic N) is 1. The highest BCUT2D eigenvalue weighted by atomic mass is 16.5. The summed E-state index contributed by atoms with van der Waals surface area (Å²) in [5.74, 6) is 0.833. The Hall–Kier alpha value is -2.82. The van der Waals surface area contributed by atoms with E-state index in [-0.39, 0.29) is 0 Å². The normalized spacial score (nSPS) is 12.2. The molecule has 2 N–H and O–H groups in total. The minimum absolute atomic E-state index is 0.470. The molecule has 0 bridgehead atoms. The number of fused-ring (bicyclic) bond motifs is 1. The zero-order valence-electron chi connectivity index (χ0n) is 16.5. The van der Waals surface area contributed by atoms with Crippen LogP contribution in [0.1, 0.15) is 0 Å². The Morgan fingerprint density at radius 1 is 1.07 bits per heavy atom. The Bertz CT molecular complexity index is 917. The average molecular weight is 378 g/mol. The molecule has 1 atom stereocenters. The number of nitrogens with one attached hydrogen (secondary N) is 1. The van der Waals surface area contributed by atoms with Crippen LogP contribution in [0.3, 0.4) is 0 Å². The number of hydrogen-bond acceptors (Lipinski definition) is 2. The molecule has 0 saturated heterocycles. The summed E-state index contributed by atoms with van der Waals surface area (Å²) in [7, 11) is 1.67. The van der Waals surface area contributed by atoms with Crippen LogP contribution >= 0.6 is 0 Å². The van der Waals surface area contributed by atoms with Crippen LogP contribution in [0.5, 0.6) is 5.75 Å². The van der Waals surface area contributed by atoms with Crippen molar-refractivity contribution in [3.8, 4) is 17.0 Å².